The van der Waals surface area contributed by atoms with E-state index in [1.54, 1.807) is 31.3 Å². The summed E-state index contributed by atoms with van der Waals surface area (Å²) < 4.78 is 29.4. The molecule has 0 radical (unpaired) electrons. The Labute approximate surface area is 171 Å². The van der Waals surface area contributed by atoms with Gasteiger partial charge in [-0.3, -0.25) is 4.99 Å². The molecule has 26 heavy (non-hydrogen) atoms. The lowest BCUT2D eigenvalue weighted by Gasteiger charge is -2.29. The normalized spacial score (nSPS) is 16.3. The Hall–Kier alpha value is -1.16. The molecular formula is C18H29F2IN4O. The van der Waals surface area contributed by atoms with Gasteiger partial charge in [0.2, 0.25) is 0 Å². The number of benzene rings is 1. The summed E-state index contributed by atoms with van der Waals surface area (Å²) in [5.41, 5.74) is 0.668. The number of alkyl halides is 2. The average molecular weight is 482 g/mol. The van der Waals surface area contributed by atoms with Crippen molar-refractivity contribution in [1.29, 1.82) is 0 Å². The van der Waals surface area contributed by atoms with Crippen LogP contribution in [0.4, 0.5) is 8.78 Å². The Morgan fingerprint density at radius 1 is 1.27 bits per heavy atom. The zero-order chi connectivity index (χ0) is 18.1. The number of hydrogen-bond acceptors (Lipinski definition) is 3. The van der Waals surface area contributed by atoms with E-state index in [-0.39, 0.29) is 29.7 Å². The van der Waals surface area contributed by atoms with E-state index in [1.807, 2.05) is 0 Å². The molecule has 0 spiro atoms. The van der Waals surface area contributed by atoms with E-state index in [0.717, 1.165) is 18.9 Å². The van der Waals surface area contributed by atoms with Crippen LogP contribution in [0.2, 0.25) is 0 Å². The molecule has 1 aliphatic rings. The molecule has 0 aromatic heterocycles. The van der Waals surface area contributed by atoms with E-state index in [4.69, 9.17) is 0 Å². The monoisotopic (exact) mass is 482 g/mol. The van der Waals surface area contributed by atoms with Gasteiger partial charge < -0.3 is 20.3 Å². The van der Waals surface area contributed by atoms with Gasteiger partial charge in [-0.15, -0.1) is 24.0 Å². The molecule has 5 nitrogen and oxygen atoms in total. The van der Waals surface area contributed by atoms with E-state index in [2.05, 4.69) is 32.3 Å². The summed E-state index contributed by atoms with van der Waals surface area (Å²) in [4.78, 5) is 6.55. The highest BCUT2D eigenvalue weighted by Gasteiger charge is 2.16. The Balaban J connectivity index is 0.00000338. The van der Waals surface area contributed by atoms with Gasteiger partial charge in [0.25, 0.3) is 0 Å². The minimum Gasteiger partial charge on any atom is -0.434 e. The maximum atomic E-state index is 12.5. The second-order valence-electron chi connectivity index (χ2n) is 6.37. The molecule has 0 aliphatic carbocycles. The van der Waals surface area contributed by atoms with Crippen molar-refractivity contribution in [2.75, 3.05) is 33.7 Å². The third-order valence-corrected chi connectivity index (χ3v) is 4.54. The first-order valence-corrected chi connectivity index (χ1v) is 8.74. The van der Waals surface area contributed by atoms with Crippen molar-refractivity contribution in [3.05, 3.63) is 29.8 Å². The van der Waals surface area contributed by atoms with Crippen LogP contribution in [0.1, 0.15) is 24.8 Å². The topological polar surface area (TPSA) is 48.9 Å². The predicted octanol–water partition coefficient (Wildman–Crippen LogP) is 3.30. The summed E-state index contributed by atoms with van der Waals surface area (Å²) in [7, 11) is 3.86. The quantitative estimate of drug-likeness (QED) is 0.356. The van der Waals surface area contributed by atoms with Gasteiger partial charge in [0.05, 0.1) is 0 Å². The number of rotatable bonds is 7. The van der Waals surface area contributed by atoms with Crippen LogP contribution in [-0.4, -0.2) is 51.2 Å². The molecule has 1 aromatic rings. The number of piperidine rings is 1. The molecule has 2 rings (SSSR count). The fraction of sp³-hybridized carbons (Fsp3) is 0.611. The predicted molar refractivity (Wildman–Crippen MR) is 112 cm³/mol. The highest BCUT2D eigenvalue weighted by Crippen LogP contribution is 2.20. The van der Waals surface area contributed by atoms with Crippen LogP contribution in [0, 0.1) is 5.92 Å². The fourth-order valence-corrected chi connectivity index (χ4v) is 3.01. The van der Waals surface area contributed by atoms with Gasteiger partial charge in [0.1, 0.15) is 5.75 Å². The van der Waals surface area contributed by atoms with Crippen LogP contribution in [0.5, 0.6) is 5.75 Å². The van der Waals surface area contributed by atoms with Gasteiger partial charge in [0.15, 0.2) is 5.96 Å². The van der Waals surface area contributed by atoms with Crippen molar-refractivity contribution >= 4 is 29.9 Å². The number of hydrogen-bond donors (Lipinski definition) is 2. The van der Waals surface area contributed by atoms with Crippen molar-refractivity contribution in [2.45, 2.75) is 32.4 Å². The van der Waals surface area contributed by atoms with Crippen LogP contribution in [0.15, 0.2) is 29.3 Å². The molecule has 1 aromatic carbocycles. The SMILES string of the molecule is CN=C(NCCC1CCN(C)CC1)NCc1ccccc1OC(F)F.I. The molecule has 1 aliphatic heterocycles. The van der Waals surface area contributed by atoms with Gasteiger partial charge >= 0.3 is 6.61 Å². The summed E-state index contributed by atoms with van der Waals surface area (Å²) in [5, 5.41) is 6.44. The van der Waals surface area contributed by atoms with Crippen molar-refractivity contribution in [3.63, 3.8) is 0 Å². The first-order chi connectivity index (χ1) is 12.1. The first kappa shape index (κ1) is 22.9. The molecular weight excluding hydrogens is 453 g/mol. The van der Waals surface area contributed by atoms with E-state index in [1.165, 1.54) is 25.9 Å². The summed E-state index contributed by atoms with van der Waals surface area (Å²) in [6.45, 7) is 0.727. The number of ether oxygens (including phenoxy) is 1. The first-order valence-electron chi connectivity index (χ1n) is 8.74. The minimum atomic E-state index is -2.83. The zero-order valence-electron chi connectivity index (χ0n) is 15.4. The second-order valence-corrected chi connectivity index (χ2v) is 6.37. The summed E-state index contributed by atoms with van der Waals surface area (Å²) >= 11 is 0. The molecule has 0 bridgehead atoms. The maximum absolute atomic E-state index is 12.5. The molecule has 1 saturated heterocycles. The van der Waals surface area contributed by atoms with Crippen molar-refractivity contribution in [1.82, 2.24) is 15.5 Å². The summed E-state index contributed by atoms with van der Waals surface area (Å²) in [6, 6.07) is 6.78. The van der Waals surface area contributed by atoms with Crippen LogP contribution < -0.4 is 15.4 Å². The van der Waals surface area contributed by atoms with E-state index < -0.39 is 6.61 Å². The smallest absolute Gasteiger partial charge is 0.387 e. The van der Waals surface area contributed by atoms with Crippen molar-refractivity contribution in [3.8, 4) is 5.75 Å². The molecule has 148 valence electrons. The fourth-order valence-electron chi connectivity index (χ4n) is 3.01. The van der Waals surface area contributed by atoms with Crippen LogP contribution >= 0.6 is 24.0 Å². The maximum Gasteiger partial charge on any atom is 0.387 e. The number of guanidine groups is 1. The van der Waals surface area contributed by atoms with Gasteiger partial charge in [-0.25, -0.2) is 0 Å². The van der Waals surface area contributed by atoms with Crippen LogP contribution in [-0.2, 0) is 6.54 Å². The molecule has 0 amide bonds. The Kier molecular flexibility index (Phi) is 10.8. The summed E-state index contributed by atoms with van der Waals surface area (Å²) in [5.74, 6) is 1.61. The average Bonchev–Trinajstić information content (AvgIpc) is 2.60. The lowest BCUT2D eigenvalue weighted by Crippen LogP contribution is -2.38. The second kappa shape index (κ2) is 12.3. The molecule has 0 atom stereocenters. The third kappa shape index (κ3) is 8.03. The van der Waals surface area contributed by atoms with Crippen LogP contribution in [0.25, 0.3) is 0 Å². The molecule has 0 saturated carbocycles. The van der Waals surface area contributed by atoms with E-state index in [9.17, 15) is 8.78 Å². The number of aliphatic imine (C=N–C) groups is 1. The molecule has 1 heterocycles. The van der Waals surface area contributed by atoms with E-state index in [0.29, 0.717) is 18.1 Å². The zero-order valence-corrected chi connectivity index (χ0v) is 17.7. The highest BCUT2D eigenvalue weighted by atomic mass is 127. The Morgan fingerprint density at radius 3 is 2.62 bits per heavy atom. The molecule has 0 unspecified atom stereocenters. The number of nitrogens with zero attached hydrogens (tertiary/aromatic N) is 2. The summed E-state index contributed by atoms with van der Waals surface area (Å²) in [6.07, 6.45) is 3.59. The Morgan fingerprint density at radius 2 is 1.96 bits per heavy atom. The standard InChI is InChI=1S/C18H28F2N4O.HI/c1-21-18(22-10-7-14-8-11-24(2)12-9-14)23-13-15-5-3-4-6-16(15)25-17(19)20;/h3-6,14,17H,7-13H2,1-2H3,(H2,21,22,23);1H. The third-order valence-electron chi connectivity index (χ3n) is 4.54. The highest BCUT2D eigenvalue weighted by molar-refractivity contribution is 14.0. The molecule has 2 N–H and O–H groups in total. The van der Waals surface area contributed by atoms with E-state index >= 15 is 0 Å². The number of halogens is 3. The lowest BCUT2D eigenvalue weighted by atomic mass is 9.94. The minimum absolute atomic E-state index is 0. The molecule has 8 heteroatoms. The van der Waals surface area contributed by atoms with Gasteiger partial charge in [-0.05, 0) is 51.4 Å². The number of para-hydroxylation sites is 1. The number of likely N-dealkylation sites (tertiary alicyclic amines) is 1. The van der Waals surface area contributed by atoms with Gasteiger partial charge in [-0.1, -0.05) is 18.2 Å². The Bertz CT molecular complexity index is 552. The molecule has 1 fully saturated rings. The number of nitrogens with one attached hydrogen (secondary N) is 2. The van der Waals surface area contributed by atoms with Crippen LogP contribution in [0.3, 0.4) is 0 Å². The van der Waals surface area contributed by atoms with Crippen molar-refractivity contribution < 1.29 is 13.5 Å². The van der Waals surface area contributed by atoms with Gasteiger partial charge in [0, 0.05) is 25.7 Å². The van der Waals surface area contributed by atoms with Crippen molar-refractivity contribution in [2.24, 2.45) is 10.9 Å². The lowest BCUT2D eigenvalue weighted by molar-refractivity contribution is -0.0504. The van der Waals surface area contributed by atoms with Gasteiger partial charge in [-0.2, -0.15) is 8.78 Å². The largest absolute Gasteiger partial charge is 0.434 e.